The highest BCUT2D eigenvalue weighted by molar-refractivity contribution is 7.88. The third kappa shape index (κ3) is 5.29. The first-order valence-electron chi connectivity index (χ1n) is 7.56. The van der Waals surface area contributed by atoms with Crippen molar-refractivity contribution in [1.82, 2.24) is 14.8 Å². The number of morpholine rings is 1. The van der Waals surface area contributed by atoms with Crippen molar-refractivity contribution < 1.29 is 22.5 Å². The van der Waals surface area contributed by atoms with Crippen LogP contribution in [0.5, 0.6) is 0 Å². The molecule has 1 N–H and O–H groups in total. The fourth-order valence-corrected chi connectivity index (χ4v) is 3.19. The maximum Gasteiger partial charge on any atom is 0.289 e. The molecular formula is C14H23N3O5S. The molecule has 23 heavy (non-hydrogen) atoms. The lowest BCUT2D eigenvalue weighted by Crippen LogP contribution is -2.49. The number of hydrogen-bond acceptors (Lipinski definition) is 6. The fourth-order valence-electron chi connectivity index (χ4n) is 2.34. The Morgan fingerprint density at radius 1 is 1.52 bits per heavy atom. The minimum atomic E-state index is -3.25. The largest absolute Gasteiger partial charge is 0.374 e. The van der Waals surface area contributed by atoms with Gasteiger partial charge in [-0.25, -0.2) is 8.42 Å². The molecule has 1 amide bonds. The van der Waals surface area contributed by atoms with E-state index in [1.807, 2.05) is 0 Å². The van der Waals surface area contributed by atoms with Crippen LogP contribution in [0, 0.1) is 5.92 Å². The smallest absolute Gasteiger partial charge is 0.289 e. The molecule has 0 bridgehead atoms. The molecule has 1 saturated heterocycles. The van der Waals surface area contributed by atoms with E-state index in [0.717, 1.165) is 12.1 Å². The molecule has 1 aromatic heterocycles. The summed E-state index contributed by atoms with van der Waals surface area (Å²) in [5.41, 5.74) is 0.738. The maximum absolute atomic E-state index is 12.0. The lowest BCUT2D eigenvalue weighted by atomic mass is 10.1. The van der Waals surface area contributed by atoms with E-state index >= 15 is 0 Å². The van der Waals surface area contributed by atoms with Crippen molar-refractivity contribution in [2.45, 2.75) is 26.4 Å². The van der Waals surface area contributed by atoms with Crippen LogP contribution in [0.2, 0.25) is 0 Å². The van der Waals surface area contributed by atoms with Crippen LogP contribution in [0.25, 0.3) is 0 Å². The summed E-state index contributed by atoms with van der Waals surface area (Å²) in [6, 6.07) is 1.62. The van der Waals surface area contributed by atoms with Crippen molar-refractivity contribution in [3.8, 4) is 0 Å². The van der Waals surface area contributed by atoms with Gasteiger partial charge in [0.2, 0.25) is 15.8 Å². The van der Waals surface area contributed by atoms with E-state index in [2.05, 4.69) is 24.3 Å². The number of rotatable bonds is 6. The molecule has 0 radical (unpaired) electrons. The van der Waals surface area contributed by atoms with Crippen LogP contribution in [0.15, 0.2) is 10.6 Å². The molecule has 9 heteroatoms. The van der Waals surface area contributed by atoms with Gasteiger partial charge in [0.15, 0.2) is 0 Å². The molecule has 8 nitrogen and oxygen atoms in total. The van der Waals surface area contributed by atoms with Gasteiger partial charge in [-0.2, -0.15) is 4.31 Å². The van der Waals surface area contributed by atoms with E-state index in [0.29, 0.717) is 19.1 Å². The van der Waals surface area contributed by atoms with Gasteiger partial charge in [0.1, 0.15) is 0 Å². The van der Waals surface area contributed by atoms with Gasteiger partial charge in [-0.3, -0.25) is 4.79 Å². The zero-order valence-corrected chi connectivity index (χ0v) is 14.4. The van der Waals surface area contributed by atoms with Gasteiger partial charge in [0.25, 0.3) is 5.91 Å². The Hall–Kier alpha value is -1.45. The molecular weight excluding hydrogens is 322 g/mol. The van der Waals surface area contributed by atoms with E-state index < -0.39 is 10.0 Å². The average Bonchev–Trinajstić information content (AvgIpc) is 2.92. The first-order chi connectivity index (χ1) is 10.8. The number of aromatic nitrogens is 1. The summed E-state index contributed by atoms with van der Waals surface area (Å²) in [5.74, 6) is 0.192. The molecule has 0 spiro atoms. The van der Waals surface area contributed by atoms with E-state index in [4.69, 9.17) is 9.26 Å². The van der Waals surface area contributed by atoms with Crippen LogP contribution < -0.4 is 5.32 Å². The summed E-state index contributed by atoms with van der Waals surface area (Å²) < 4.78 is 34.9. The second-order valence-electron chi connectivity index (χ2n) is 6.10. The number of nitrogens with one attached hydrogen (secondary N) is 1. The minimum absolute atomic E-state index is 0.149. The van der Waals surface area contributed by atoms with Crippen LogP contribution >= 0.6 is 0 Å². The summed E-state index contributed by atoms with van der Waals surface area (Å²) in [5, 5.41) is 6.55. The predicted molar refractivity (Wildman–Crippen MR) is 83.5 cm³/mol. The number of carbonyl (C=O) groups excluding carboxylic acids is 1. The molecule has 0 aromatic carbocycles. The average molecular weight is 345 g/mol. The normalized spacial score (nSPS) is 19.9. The molecule has 1 aliphatic rings. The highest BCUT2D eigenvalue weighted by atomic mass is 32.2. The highest BCUT2D eigenvalue weighted by Crippen LogP contribution is 2.10. The quantitative estimate of drug-likeness (QED) is 0.794. The fraction of sp³-hybridized carbons (Fsp3) is 0.714. The molecule has 0 saturated carbocycles. The minimum Gasteiger partial charge on any atom is -0.374 e. The van der Waals surface area contributed by atoms with E-state index in [1.54, 1.807) is 6.07 Å². The third-order valence-corrected chi connectivity index (χ3v) is 4.73. The van der Waals surface area contributed by atoms with Crippen LogP contribution in [0.3, 0.4) is 0 Å². The Balaban J connectivity index is 1.85. The molecule has 0 aliphatic carbocycles. The predicted octanol–water partition coefficient (Wildman–Crippen LogP) is 0.263. The van der Waals surface area contributed by atoms with Gasteiger partial charge in [-0.15, -0.1) is 0 Å². The van der Waals surface area contributed by atoms with Gasteiger partial charge in [-0.05, 0) is 12.3 Å². The number of ether oxygens (including phenoxy) is 1. The molecule has 1 unspecified atom stereocenters. The number of hydrogen-bond donors (Lipinski definition) is 1. The second kappa shape index (κ2) is 7.41. The highest BCUT2D eigenvalue weighted by Gasteiger charge is 2.27. The molecule has 2 rings (SSSR count). The van der Waals surface area contributed by atoms with Gasteiger partial charge in [0, 0.05) is 25.7 Å². The first kappa shape index (κ1) is 17.9. The van der Waals surface area contributed by atoms with Crippen LogP contribution in [0.1, 0.15) is 30.1 Å². The summed E-state index contributed by atoms with van der Waals surface area (Å²) in [7, 11) is -3.25. The molecule has 1 fully saturated rings. The van der Waals surface area contributed by atoms with Crippen molar-refractivity contribution in [3.05, 3.63) is 17.5 Å². The molecule has 1 aliphatic heterocycles. The van der Waals surface area contributed by atoms with E-state index in [-0.39, 0.29) is 30.9 Å². The zero-order valence-electron chi connectivity index (χ0n) is 13.6. The van der Waals surface area contributed by atoms with E-state index in [1.165, 1.54) is 10.6 Å². The van der Waals surface area contributed by atoms with Crippen molar-refractivity contribution >= 4 is 15.9 Å². The summed E-state index contributed by atoms with van der Waals surface area (Å²) in [4.78, 5) is 12.0. The first-order valence-corrected chi connectivity index (χ1v) is 9.41. The Labute approximate surface area is 136 Å². The number of amides is 1. The number of carbonyl (C=O) groups is 1. The SMILES string of the molecule is CC(C)Cc1cc(C(=O)NCC2CN(S(C)(=O)=O)CCO2)on1. The Kier molecular flexibility index (Phi) is 5.77. The number of sulfonamides is 1. The summed E-state index contributed by atoms with van der Waals surface area (Å²) in [6.45, 7) is 5.21. The molecule has 1 atom stereocenters. The van der Waals surface area contributed by atoms with Crippen LogP contribution in [-0.2, 0) is 21.2 Å². The summed E-state index contributed by atoms with van der Waals surface area (Å²) in [6.07, 6.45) is 1.53. The molecule has 130 valence electrons. The van der Waals surface area contributed by atoms with Crippen LogP contribution in [-0.4, -0.2) is 62.4 Å². The molecule has 1 aromatic rings. The van der Waals surface area contributed by atoms with Crippen molar-refractivity contribution in [3.63, 3.8) is 0 Å². The maximum atomic E-state index is 12.0. The second-order valence-corrected chi connectivity index (χ2v) is 8.09. The van der Waals surface area contributed by atoms with Gasteiger partial charge >= 0.3 is 0 Å². The molecule has 2 heterocycles. The van der Waals surface area contributed by atoms with Crippen LogP contribution in [0.4, 0.5) is 0 Å². The van der Waals surface area contributed by atoms with E-state index in [9.17, 15) is 13.2 Å². The van der Waals surface area contributed by atoms with Crippen molar-refractivity contribution in [2.75, 3.05) is 32.5 Å². The Bertz CT molecular complexity index is 641. The standard InChI is InChI=1S/C14H23N3O5S/c1-10(2)6-11-7-13(22-16-11)14(18)15-8-12-9-17(4-5-21-12)23(3,19)20/h7,10,12H,4-6,8-9H2,1-3H3,(H,15,18). The van der Waals surface area contributed by atoms with Crippen molar-refractivity contribution in [1.29, 1.82) is 0 Å². The topological polar surface area (TPSA) is 102 Å². The van der Waals surface area contributed by atoms with Gasteiger partial charge in [-0.1, -0.05) is 19.0 Å². The number of nitrogens with zero attached hydrogens (tertiary/aromatic N) is 2. The van der Waals surface area contributed by atoms with Crippen molar-refractivity contribution in [2.24, 2.45) is 5.92 Å². The monoisotopic (exact) mass is 345 g/mol. The lowest BCUT2D eigenvalue weighted by Gasteiger charge is -2.31. The zero-order chi connectivity index (χ0) is 17.0. The van der Waals surface area contributed by atoms with Gasteiger partial charge in [0.05, 0.1) is 24.7 Å². The Morgan fingerprint density at radius 2 is 2.26 bits per heavy atom. The third-order valence-electron chi connectivity index (χ3n) is 3.46. The Morgan fingerprint density at radius 3 is 2.91 bits per heavy atom. The van der Waals surface area contributed by atoms with Gasteiger partial charge < -0.3 is 14.6 Å². The summed E-state index contributed by atoms with van der Waals surface area (Å²) >= 11 is 0. The lowest BCUT2D eigenvalue weighted by molar-refractivity contribution is 0.000269.